The minimum atomic E-state index is -0.559. The van der Waals surface area contributed by atoms with Gasteiger partial charge in [-0.3, -0.25) is 14.4 Å². The Hall–Kier alpha value is -2.41. The van der Waals surface area contributed by atoms with Crippen molar-refractivity contribution < 1.29 is 14.7 Å². The molecule has 1 aromatic heterocycles. The molecule has 3 heterocycles. The number of pyridine rings is 1. The molecule has 1 aliphatic carbocycles. The first-order valence-electron chi connectivity index (χ1n) is 11.1. The second-order valence-corrected chi connectivity index (χ2v) is 8.68. The molecule has 0 radical (unpaired) electrons. The zero-order chi connectivity index (χ0) is 21.4. The average molecular weight is 414 g/mol. The molecule has 2 aliphatic heterocycles. The maximum absolute atomic E-state index is 13.4. The lowest BCUT2D eigenvalue weighted by atomic mass is 9.83. The van der Waals surface area contributed by atoms with Gasteiger partial charge in [0.25, 0.3) is 5.56 Å². The maximum Gasteiger partial charge on any atom is 0.258 e. The van der Waals surface area contributed by atoms with Gasteiger partial charge in [0.2, 0.25) is 11.8 Å². The largest absolute Gasteiger partial charge is 0.396 e. The zero-order valence-electron chi connectivity index (χ0n) is 17.7. The first-order chi connectivity index (χ1) is 14.5. The third-order valence-electron chi connectivity index (χ3n) is 6.98. The van der Waals surface area contributed by atoms with Crippen LogP contribution in [0.25, 0.3) is 6.08 Å². The van der Waals surface area contributed by atoms with Crippen molar-refractivity contribution in [3.63, 3.8) is 0 Å². The summed E-state index contributed by atoms with van der Waals surface area (Å²) < 4.78 is 1.71. The predicted octanol–water partition coefficient (Wildman–Crippen LogP) is 1.70. The molecule has 7 heteroatoms. The first kappa shape index (κ1) is 20.8. The van der Waals surface area contributed by atoms with Crippen molar-refractivity contribution in [1.29, 1.82) is 0 Å². The number of carbonyl (C=O) groups is 2. The summed E-state index contributed by atoms with van der Waals surface area (Å²) in [5.74, 6) is -1.03. The van der Waals surface area contributed by atoms with Crippen LogP contribution in [0.5, 0.6) is 0 Å². The van der Waals surface area contributed by atoms with Crippen LogP contribution in [-0.4, -0.2) is 45.6 Å². The van der Waals surface area contributed by atoms with E-state index in [0.717, 1.165) is 25.7 Å². The number of nitrogens with zero attached hydrogens (tertiary/aromatic N) is 2. The third kappa shape index (κ3) is 3.20. The normalized spacial score (nSPS) is 27.8. The van der Waals surface area contributed by atoms with Crippen LogP contribution in [0.3, 0.4) is 0 Å². The Morgan fingerprint density at radius 1 is 1.30 bits per heavy atom. The molecular weight excluding hydrogens is 382 g/mol. The van der Waals surface area contributed by atoms with Gasteiger partial charge in [0.15, 0.2) is 0 Å². The molecular formula is C23H31N3O4. The van der Waals surface area contributed by atoms with Crippen LogP contribution in [0.2, 0.25) is 0 Å². The molecule has 4 atom stereocenters. The van der Waals surface area contributed by atoms with E-state index in [1.165, 1.54) is 0 Å². The summed E-state index contributed by atoms with van der Waals surface area (Å²) in [6.45, 7) is 4.53. The fourth-order valence-electron chi connectivity index (χ4n) is 5.26. The number of amides is 2. The lowest BCUT2D eigenvalue weighted by Gasteiger charge is -2.41. The van der Waals surface area contributed by atoms with Crippen molar-refractivity contribution >= 4 is 17.9 Å². The van der Waals surface area contributed by atoms with E-state index in [4.69, 9.17) is 0 Å². The first-order valence-corrected chi connectivity index (χ1v) is 11.1. The smallest absolute Gasteiger partial charge is 0.258 e. The van der Waals surface area contributed by atoms with Crippen molar-refractivity contribution in [2.45, 2.75) is 58.2 Å². The topological polar surface area (TPSA) is 91.6 Å². The minimum Gasteiger partial charge on any atom is -0.396 e. The van der Waals surface area contributed by atoms with Gasteiger partial charge in [0.05, 0.1) is 18.0 Å². The zero-order valence-corrected chi connectivity index (χ0v) is 17.7. The quantitative estimate of drug-likeness (QED) is 0.743. The fraction of sp³-hybridized carbons (Fsp3) is 0.609. The van der Waals surface area contributed by atoms with E-state index in [1.807, 2.05) is 30.9 Å². The Kier molecular flexibility index (Phi) is 5.82. The Balaban J connectivity index is 1.82. The van der Waals surface area contributed by atoms with E-state index >= 15 is 0 Å². The highest BCUT2D eigenvalue weighted by molar-refractivity contribution is 5.85. The van der Waals surface area contributed by atoms with Crippen molar-refractivity contribution in [1.82, 2.24) is 14.8 Å². The highest BCUT2D eigenvalue weighted by Crippen LogP contribution is 2.50. The average Bonchev–Trinajstić information content (AvgIpc) is 2.94. The molecule has 1 saturated heterocycles. The number of aliphatic hydroxyl groups is 1. The molecule has 0 spiro atoms. The number of hydrogen-bond donors (Lipinski definition) is 2. The minimum absolute atomic E-state index is 0.00707. The van der Waals surface area contributed by atoms with Gasteiger partial charge in [-0.15, -0.1) is 0 Å². The van der Waals surface area contributed by atoms with Gasteiger partial charge in [-0.25, -0.2) is 0 Å². The molecule has 2 fully saturated rings. The van der Waals surface area contributed by atoms with Gasteiger partial charge in [-0.1, -0.05) is 25.5 Å². The molecule has 0 aromatic carbocycles. The van der Waals surface area contributed by atoms with Crippen LogP contribution in [0.1, 0.15) is 56.8 Å². The highest BCUT2D eigenvalue weighted by Gasteiger charge is 2.58. The van der Waals surface area contributed by atoms with E-state index in [1.54, 1.807) is 16.7 Å². The predicted molar refractivity (Wildman–Crippen MR) is 113 cm³/mol. The lowest BCUT2D eigenvalue weighted by Crippen LogP contribution is -2.51. The summed E-state index contributed by atoms with van der Waals surface area (Å²) in [6, 6.07) is 2.78. The second-order valence-electron chi connectivity index (χ2n) is 8.68. The number of aliphatic hydroxyl groups excluding tert-OH is 1. The summed E-state index contributed by atoms with van der Waals surface area (Å²) >= 11 is 0. The third-order valence-corrected chi connectivity index (χ3v) is 6.98. The lowest BCUT2D eigenvalue weighted by molar-refractivity contribution is -0.143. The van der Waals surface area contributed by atoms with E-state index < -0.39 is 12.0 Å². The Bertz CT molecular complexity index is 918. The summed E-state index contributed by atoms with van der Waals surface area (Å²) in [5, 5.41) is 13.2. The number of rotatable bonds is 6. The van der Waals surface area contributed by atoms with Crippen LogP contribution in [0, 0.1) is 17.8 Å². The fourth-order valence-corrected chi connectivity index (χ4v) is 5.26. The van der Waals surface area contributed by atoms with E-state index in [2.05, 4.69) is 5.32 Å². The van der Waals surface area contributed by atoms with Crippen molar-refractivity contribution in [3.8, 4) is 0 Å². The van der Waals surface area contributed by atoms with E-state index in [0.29, 0.717) is 24.3 Å². The number of fused-ring (bicyclic) bond motifs is 4. The molecule has 3 aliphatic rings. The molecule has 1 aromatic rings. The van der Waals surface area contributed by atoms with Gasteiger partial charge in [0, 0.05) is 42.8 Å². The molecule has 2 amide bonds. The molecule has 162 valence electrons. The highest BCUT2D eigenvalue weighted by atomic mass is 16.3. The number of hydrogen-bond acceptors (Lipinski definition) is 4. The SMILES string of the molecule is C/C=C\c1ccc2n(c1=O)C[C@H]1[C@H](CO)[C@@H](C(=O)NCCC)[C@@H]2N1C(=O)C1CCC1. The van der Waals surface area contributed by atoms with Crippen molar-refractivity contribution in [3.05, 3.63) is 39.8 Å². The van der Waals surface area contributed by atoms with Gasteiger partial charge in [-0.2, -0.15) is 0 Å². The Morgan fingerprint density at radius 2 is 2.07 bits per heavy atom. The summed E-state index contributed by atoms with van der Waals surface area (Å²) in [6.07, 6.45) is 7.20. The Morgan fingerprint density at radius 3 is 2.67 bits per heavy atom. The van der Waals surface area contributed by atoms with Gasteiger partial charge in [0.1, 0.15) is 0 Å². The van der Waals surface area contributed by atoms with Crippen LogP contribution < -0.4 is 10.9 Å². The van der Waals surface area contributed by atoms with Crippen molar-refractivity contribution in [2.24, 2.45) is 17.8 Å². The van der Waals surface area contributed by atoms with Gasteiger partial charge < -0.3 is 19.9 Å². The van der Waals surface area contributed by atoms with Crippen LogP contribution in [0.4, 0.5) is 0 Å². The van der Waals surface area contributed by atoms with Crippen LogP contribution >= 0.6 is 0 Å². The number of carbonyl (C=O) groups excluding carboxylic acids is 2. The number of allylic oxidation sites excluding steroid dienone is 1. The molecule has 30 heavy (non-hydrogen) atoms. The molecule has 0 unspecified atom stereocenters. The molecule has 2 bridgehead atoms. The van der Waals surface area contributed by atoms with E-state index in [9.17, 15) is 19.5 Å². The standard InChI is InChI=1S/C23H31N3O4/c1-3-6-14-9-10-17-20-19(21(28)24-11-4-2)16(13-27)18(12-25(17)22(14)29)26(20)23(30)15-7-5-8-15/h3,6,9-10,15-16,18-20,27H,4-5,7-8,11-13H2,1-2H3,(H,24,28)/b6-3-/t16-,18-,19+,20+/m0/s1. The number of aromatic nitrogens is 1. The number of nitrogens with one attached hydrogen (secondary N) is 1. The molecule has 4 rings (SSSR count). The van der Waals surface area contributed by atoms with Crippen LogP contribution in [-0.2, 0) is 16.1 Å². The van der Waals surface area contributed by atoms with Gasteiger partial charge >= 0.3 is 0 Å². The summed E-state index contributed by atoms with van der Waals surface area (Å²) in [5.41, 5.74) is 1.18. The Labute approximate surface area is 176 Å². The maximum atomic E-state index is 13.4. The van der Waals surface area contributed by atoms with Crippen LogP contribution in [0.15, 0.2) is 23.0 Å². The van der Waals surface area contributed by atoms with E-state index in [-0.39, 0.29) is 41.9 Å². The summed E-state index contributed by atoms with van der Waals surface area (Å²) in [4.78, 5) is 41.4. The van der Waals surface area contributed by atoms with Gasteiger partial charge in [-0.05, 0) is 38.3 Å². The molecule has 2 N–H and O–H groups in total. The molecule has 1 saturated carbocycles. The molecule has 7 nitrogen and oxygen atoms in total. The van der Waals surface area contributed by atoms with Crippen molar-refractivity contribution in [2.75, 3.05) is 13.2 Å². The second kappa shape index (κ2) is 8.38. The summed E-state index contributed by atoms with van der Waals surface area (Å²) in [7, 11) is 0. The monoisotopic (exact) mass is 413 g/mol.